The summed E-state index contributed by atoms with van der Waals surface area (Å²) in [6.45, 7) is -0.273. The molecule has 118 valence electrons. The lowest BCUT2D eigenvalue weighted by atomic mass is 10.1. The van der Waals surface area contributed by atoms with Crippen molar-refractivity contribution in [3.63, 3.8) is 0 Å². The molecule has 1 aromatic heterocycles. The van der Waals surface area contributed by atoms with Crippen molar-refractivity contribution in [1.82, 2.24) is 5.32 Å². The third-order valence-electron chi connectivity index (χ3n) is 3.44. The molecule has 6 heteroatoms. The third kappa shape index (κ3) is 3.23. The number of hydrogen-bond donors (Lipinski definition) is 2. The number of fused-ring (bicyclic) bond motifs is 1. The smallest absolute Gasteiger partial charge is 0.261 e. The minimum absolute atomic E-state index is 0.273. The van der Waals surface area contributed by atoms with Crippen LogP contribution in [0.3, 0.4) is 0 Å². The van der Waals surface area contributed by atoms with Crippen molar-refractivity contribution in [2.45, 2.75) is 6.10 Å². The number of thiophene rings is 1. The minimum Gasteiger partial charge on any atom is -0.386 e. The van der Waals surface area contributed by atoms with Crippen molar-refractivity contribution in [1.29, 1.82) is 0 Å². The predicted octanol–water partition coefficient (Wildman–Crippen LogP) is 3.64. The standard InChI is InChI=1S/C17H13F2NO2S/c18-11-5-3-6-12(19)16(11)13(21)9-20-17(22)15-8-10-4-1-2-7-14(10)23-15/h1-8,13,21H,9H2,(H,20,22). The Bertz CT molecular complexity index is 809. The molecule has 0 aliphatic rings. The largest absolute Gasteiger partial charge is 0.386 e. The number of nitrogens with one attached hydrogen (secondary N) is 1. The van der Waals surface area contributed by atoms with E-state index in [4.69, 9.17) is 0 Å². The molecule has 0 bridgehead atoms. The summed E-state index contributed by atoms with van der Waals surface area (Å²) in [4.78, 5) is 12.6. The zero-order valence-electron chi connectivity index (χ0n) is 11.9. The van der Waals surface area contributed by atoms with Crippen molar-refractivity contribution in [2.75, 3.05) is 6.54 Å². The van der Waals surface area contributed by atoms with Crippen LogP contribution in [-0.2, 0) is 0 Å². The molecule has 0 radical (unpaired) electrons. The van der Waals surface area contributed by atoms with Gasteiger partial charge in [0, 0.05) is 11.2 Å². The first kappa shape index (κ1) is 15.6. The van der Waals surface area contributed by atoms with E-state index in [0.29, 0.717) is 4.88 Å². The monoisotopic (exact) mass is 333 g/mol. The molecule has 3 rings (SSSR count). The number of amides is 1. The first-order valence-corrected chi connectivity index (χ1v) is 7.76. The highest BCUT2D eigenvalue weighted by Gasteiger charge is 2.19. The number of rotatable bonds is 4. The van der Waals surface area contributed by atoms with E-state index in [1.807, 2.05) is 24.3 Å². The van der Waals surface area contributed by atoms with Crippen LogP contribution >= 0.6 is 11.3 Å². The van der Waals surface area contributed by atoms with Gasteiger partial charge in [-0.15, -0.1) is 11.3 Å². The maximum Gasteiger partial charge on any atom is 0.261 e. The molecular formula is C17H13F2NO2S. The molecule has 2 aromatic carbocycles. The van der Waals surface area contributed by atoms with Crippen LogP contribution in [0, 0.1) is 11.6 Å². The summed E-state index contributed by atoms with van der Waals surface area (Å²) in [5, 5.41) is 13.4. The quantitative estimate of drug-likeness (QED) is 0.766. The van der Waals surface area contributed by atoms with E-state index >= 15 is 0 Å². The lowest BCUT2D eigenvalue weighted by molar-refractivity contribution is 0.0915. The summed E-state index contributed by atoms with van der Waals surface area (Å²) in [5.41, 5.74) is -0.441. The Kier molecular flexibility index (Phi) is 4.36. The van der Waals surface area contributed by atoms with Crippen molar-refractivity contribution >= 4 is 27.3 Å². The molecule has 23 heavy (non-hydrogen) atoms. The Hall–Kier alpha value is -2.31. The van der Waals surface area contributed by atoms with Crippen molar-refractivity contribution in [3.05, 3.63) is 70.6 Å². The van der Waals surface area contributed by atoms with Gasteiger partial charge in [-0.1, -0.05) is 24.3 Å². The molecule has 3 aromatic rings. The summed E-state index contributed by atoms with van der Waals surface area (Å²) in [6.07, 6.45) is -1.45. The van der Waals surface area contributed by atoms with E-state index in [0.717, 1.165) is 22.2 Å². The fourth-order valence-electron chi connectivity index (χ4n) is 2.30. The zero-order valence-corrected chi connectivity index (χ0v) is 12.7. The average molecular weight is 333 g/mol. The summed E-state index contributed by atoms with van der Waals surface area (Å²) in [6, 6.07) is 12.6. The average Bonchev–Trinajstić information content (AvgIpc) is 2.96. The van der Waals surface area contributed by atoms with Gasteiger partial charge < -0.3 is 10.4 Å². The van der Waals surface area contributed by atoms with Crippen molar-refractivity contribution in [3.8, 4) is 0 Å². The number of aliphatic hydroxyl groups excluding tert-OH is 1. The first-order chi connectivity index (χ1) is 11.1. The predicted molar refractivity (Wildman–Crippen MR) is 85.5 cm³/mol. The Labute approximate surface area is 135 Å². The lowest BCUT2D eigenvalue weighted by Gasteiger charge is -2.13. The van der Waals surface area contributed by atoms with Crippen LogP contribution in [0.2, 0.25) is 0 Å². The van der Waals surface area contributed by atoms with Crippen LogP contribution in [0.15, 0.2) is 48.5 Å². The summed E-state index contributed by atoms with van der Waals surface area (Å²) < 4.78 is 28.1. The Morgan fingerprint density at radius 3 is 2.52 bits per heavy atom. The molecule has 0 fully saturated rings. The van der Waals surface area contributed by atoms with Gasteiger partial charge in [0.1, 0.15) is 17.7 Å². The normalized spacial score (nSPS) is 12.3. The van der Waals surface area contributed by atoms with Gasteiger partial charge in [-0.2, -0.15) is 0 Å². The third-order valence-corrected chi connectivity index (χ3v) is 4.55. The van der Waals surface area contributed by atoms with E-state index in [1.165, 1.54) is 17.4 Å². The van der Waals surface area contributed by atoms with E-state index < -0.39 is 23.3 Å². The van der Waals surface area contributed by atoms with Crippen LogP contribution in [0.4, 0.5) is 8.78 Å². The van der Waals surface area contributed by atoms with Gasteiger partial charge in [0.25, 0.3) is 5.91 Å². The SMILES string of the molecule is O=C(NCC(O)c1c(F)cccc1F)c1cc2ccccc2s1. The Morgan fingerprint density at radius 2 is 1.83 bits per heavy atom. The molecule has 3 nitrogen and oxygen atoms in total. The summed E-state index contributed by atoms with van der Waals surface area (Å²) in [5.74, 6) is -2.07. The molecular weight excluding hydrogens is 320 g/mol. The number of aliphatic hydroxyl groups is 1. The van der Waals surface area contributed by atoms with Gasteiger partial charge in [-0.3, -0.25) is 4.79 Å². The number of carbonyl (C=O) groups excluding carboxylic acids is 1. The van der Waals surface area contributed by atoms with Crippen molar-refractivity contribution in [2.24, 2.45) is 0 Å². The summed E-state index contributed by atoms with van der Waals surface area (Å²) >= 11 is 1.32. The molecule has 0 spiro atoms. The van der Waals surface area contributed by atoms with E-state index in [1.54, 1.807) is 6.07 Å². The molecule has 0 aliphatic heterocycles. The molecule has 0 saturated heterocycles. The van der Waals surface area contributed by atoms with Gasteiger partial charge in [-0.05, 0) is 29.7 Å². The van der Waals surface area contributed by atoms with Crippen LogP contribution in [0.25, 0.3) is 10.1 Å². The van der Waals surface area contributed by atoms with Crippen LogP contribution in [0.1, 0.15) is 21.3 Å². The molecule has 1 atom stereocenters. The summed E-state index contributed by atoms with van der Waals surface area (Å²) in [7, 11) is 0. The van der Waals surface area contributed by atoms with Crippen LogP contribution < -0.4 is 5.32 Å². The molecule has 0 aliphatic carbocycles. The Balaban J connectivity index is 1.71. The first-order valence-electron chi connectivity index (χ1n) is 6.95. The number of carbonyl (C=O) groups is 1. The maximum atomic E-state index is 13.6. The van der Waals surface area contributed by atoms with Crippen LogP contribution in [0.5, 0.6) is 0 Å². The number of benzene rings is 2. The lowest BCUT2D eigenvalue weighted by Crippen LogP contribution is -2.28. The van der Waals surface area contributed by atoms with E-state index in [-0.39, 0.29) is 12.5 Å². The second kappa shape index (κ2) is 6.44. The highest BCUT2D eigenvalue weighted by molar-refractivity contribution is 7.20. The number of hydrogen-bond acceptors (Lipinski definition) is 3. The number of halogens is 2. The minimum atomic E-state index is -1.45. The molecule has 1 amide bonds. The van der Waals surface area contributed by atoms with Gasteiger partial charge >= 0.3 is 0 Å². The van der Waals surface area contributed by atoms with Crippen LogP contribution in [-0.4, -0.2) is 17.6 Å². The molecule has 0 saturated carbocycles. The molecule has 2 N–H and O–H groups in total. The molecule has 1 unspecified atom stereocenters. The second-order valence-corrected chi connectivity index (χ2v) is 6.09. The second-order valence-electron chi connectivity index (χ2n) is 5.01. The zero-order chi connectivity index (χ0) is 16.4. The fraction of sp³-hybridized carbons (Fsp3) is 0.118. The highest BCUT2D eigenvalue weighted by Crippen LogP contribution is 2.25. The van der Waals surface area contributed by atoms with Gasteiger partial charge in [0.05, 0.1) is 10.4 Å². The van der Waals surface area contributed by atoms with E-state index in [9.17, 15) is 18.7 Å². The topological polar surface area (TPSA) is 49.3 Å². The van der Waals surface area contributed by atoms with Gasteiger partial charge in [-0.25, -0.2) is 8.78 Å². The van der Waals surface area contributed by atoms with Crippen molar-refractivity contribution < 1.29 is 18.7 Å². The maximum absolute atomic E-state index is 13.6. The van der Waals surface area contributed by atoms with E-state index in [2.05, 4.69) is 5.32 Å². The Morgan fingerprint density at radius 1 is 1.13 bits per heavy atom. The van der Waals surface area contributed by atoms with Gasteiger partial charge in [0.2, 0.25) is 0 Å². The van der Waals surface area contributed by atoms with Gasteiger partial charge in [0.15, 0.2) is 0 Å². The molecule has 1 heterocycles. The fourth-order valence-corrected chi connectivity index (χ4v) is 3.28. The highest BCUT2D eigenvalue weighted by atomic mass is 32.1.